The summed E-state index contributed by atoms with van der Waals surface area (Å²) in [5.41, 5.74) is 1.01. The van der Waals surface area contributed by atoms with Crippen molar-refractivity contribution in [1.29, 1.82) is 0 Å². The third-order valence-corrected chi connectivity index (χ3v) is 6.04. The first-order chi connectivity index (χ1) is 16.3. The van der Waals surface area contributed by atoms with Crippen molar-refractivity contribution in [2.45, 2.75) is 37.5 Å². The molecule has 0 bridgehead atoms. The molecule has 1 saturated heterocycles. The fraction of sp³-hybridized carbons (Fsp3) is 0.375. The number of ether oxygens (including phenoxy) is 2. The van der Waals surface area contributed by atoms with Gasteiger partial charge in [-0.1, -0.05) is 6.07 Å². The van der Waals surface area contributed by atoms with Gasteiger partial charge in [0.25, 0.3) is 5.91 Å². The second-order valence-corrected chi connectivity index (χ2v) is 8.35. The number of carbonyl (C=O) groups is 3. The van der Waals surface area contributed by atoms with Crippen LogP contribution in [0.1, 0.15) is 29.6 Å². The van der Waals surface area contributed by atoms with Crippen LogP contribution in [-0.2, 0) is 9.53 Å². The van der Waals surface area contributed by atoms with Gasteiger partial charge in [-0.3, -0.25) is 9.59 Å². The Hall–Kier alpha value is -3.66. The van der Waals surface area contributed by atoms with E-state index in [1.54, 1.807) is 43.3 Å². The highest BCUT2D eigenvalue weighted by atomic mass is 19.1. The molecule has 2 aliphatic heterocycles. The Balaban J connectivity index is 1.47. The summed E-state index contributed by atoms with van der Waals surface area (Å²) in [5, 5.41) is 7.81. The Morgan fingerprint density at radius 1 is 1.12 bits per heavy atom. The number of hydrogen-bond acceptors (Lipinski definition) is 5. The van der Waals surface area contributed by atoms with Crippen molar-refractivity contribution in [3.8, 4) is 5.75 Å². The lowest BCUT2D eigenvalue weighted by Crippen LogP contribution is -2.53. The zero-order valence-corrected chi connectivity index (χ0v) is 19.0. The summed E-state index contributed by atoms with van der Waals surface area (Å²) < 4.78 is 25.4. The summed E-state index contributed by atoms with van der Waals surface area (Å²) in [7, 11) is 3.30. The molecule has 2 aromatic carbocycles. The number of amides is 4. The van der Waals surface area contributed by atoms with Crippen molar-refractivity contribution in [3.63, 3.8) is 0 Å². The number of halogens is 1. The van der Waals surface area contributed by atoms with E-state index in [1.807, 2.05) is 0 Å². The summed E-state index contributed by atoms with van der Waals surface area (Å²) in [4.78, 5) is 39.0. The minimum atomic E-state index is -0.569. The summed E-state index contributed by atoms with van der Waals surface area (Å²) >= 11 is 0. The molecule has 2 heterocycles. The van der Waals surface area contributed by atoms with E-state index < -0.39 is 11.8 Å². The largest absolute Gasteiger partial charge is 0.490 e. The van der Waals surface area contributed by atoms with Crippen LogP contribution in [0.4, 0.5) is 20.6 Å². The van der Waals surface area contributed by atoms with E-state index in [9.17, 15) is 18.8 Å². The molecule has 9 nitrogen and oxygen atoms in total. The maximum Gasteiger partial charge on any atom is 0.323 e. The van der Waals surface area contributed by atoms with Gasteiger partial charge in [-0.15, -0.1) is 0 Å². The zero-order chi connectivity index (χ0) is 24.2. The van der Waals surface area contributed by atoms with Gasteiger partial charge in [-0.2, -0.15) is 0 Å². The third kappa shape index (κ3) is 5.28. The van der Waals surface area contributed by atoms with Crippen molar-refractivity contribution >= 4 is 29.2 Å². The lowest BCUT2D eigenvalue weighted by molar-refractivity contribution is -0.133. The van der Waals surface area contributed by atoms with Gasteiger partial charge in [0.2, 0.25) is 5.91 Å². The molecular formula is C24H27FN4O5. The summed E-state index contributed by atoms with van der Waals surface area (Å²) in [6.07, 6.45) is 1.01. The highest BCUT2D eigenvalue weighted by Gasteiger charge is 2.39. The second kappa shape index (κ2) is 10.1. The lowest BCUT2D eigenvalue weighted by atomic mass is 9.94. The fourth-order valence-electron chi connectivity index (χ4n) is 4.27. The molecule has 0 spiro atoms. The SMILES string of the molecule is CNC(=O)C[C@@H]1CC[C@@H]2[C@H](COc3ccc(NC(=O)Nc4cccc(F)c4)cc3C(=O)N2C)O1. The maximum absolute atomic E-state index is 13.3. The molecular weight excluding hydrogens is 443 g/mol. The van der Waals surface area contributed by atoms with Gasteiger partial charge in [0, 0.05) is 25.5 Å². The number of urea groups is 1. The Bertz CT molecular complexity index is 1090. The van der Waals surface area contributed by atoms with Crippen LogP contribution in [0.3, 0.4) is 0 Å². The average Bonchev–Trinajstić information content (AvgIpc) is 2.81. The van der Waals surface area contributed by atoms with Crippen LogP contribution in [0, 0.1) is 5.82 Å². The van der Waals surface area contributed by atoms with Crippen LogP contribution in [0.5, 0.6) is 5.75 Å². The first-order valence-corrected chi connectivity index (χ1v) is 11.1. The van der Waals surface area contributed by atoms with E-state index in [4.69, 9.17) is 9.47 Å². The number of nitrogens with one attached hydrogen (secondary N) is 3. The molecule has 34 heavy (non-hydrogen) atoms. The molecule has 3 N–H and O–H groups in total. The predicted molar refractivity (Wildman–Crippen MR) is 123 cm³/mol. The molecule has 1 fully saturated rings. The van der Waals surface area contributed by atoms with Gasteiger partial charge in [-0.25, -0.2) is 9.18 Å². The number of anilines is 2. The number of nitrogens with zero attached hydrogens (tertiary/aromatic N) is 1. The number of rotatable bonds is 4. The van der Waals surface area contributed by atoms with E-state index in [0.717, 1.165) is 0 Å². The zero-order valence-electron chi connectivity index (χ0n) is 19.0. The minimum absolute atomic E-state index is 0.0912. The molecule has 180 valence electrons. The van der Waals surface area contributed by atoms with Gasteiger partial charge in [0.15, 0.2) is 0 Å². The normalized spacial score (nSPS) is 21.8. The number of benzene rings is 2. The lowest BCUT2D eigenvalue weighted by Gasteiger charge is -2.42. The Kier molecular flexibility index (Phi) is 6.97. The van der Waals surface area contributed by atoms with Crippen molar-refractivity contribution in [3.05, 3.63) is 53.8 Å². The van der Waals surface area contributed by atoms with Crippen LogP contribution < -0.4 is 20.7 Å². The van der Waals surface area contributed by atoms with Crippen molar-refractivity contribution in [2.75, 3.05) is 31.3 Å². The smallest absolute Gasteiger partial charge is 0.323 e. The molecule has 0 aromatic heterocycles. The van der Waals surface area contributed by atoms with Gasteiger partial charge in [-0.05, 0) is 49.2 Å². The van der Waals surface area contributed by atoms with Crippen LogP contribution in [0.25, 0.3) is 0 Å². The number of hydrogen-bond donors (Lipinski definition) is 3. The van der Waals surface area contributed by atoms with Gasteiger partial charge in [0.05, 0.1) is 24.1 Å². The van der Waals surface area contributed by atoms with Gasteiger partial charge < -0.3 is 30.3 Å². The van der Waals surface area contributed by atoms with E-state index in [2.05, 4.69) is 16.0 Å². The molecule has 0 radical (unpaired) electrons. The first-order valence-electron chi connectivity index (χ1n) is 11.1. The Morgan fingerprint density at radius 2 is 1.88 bits per heavy atom. The molecule has 3 atom stereocenters. The van der Waals surface area contributed by atoms with Crippen molar-refractivity contribution < 1.29 is 28.2 Å². The molecule has 0 saturated carbocycles. The summed E-state index contributed by atoms with van der Waals surface area (Å²) in [6.45, 7) is 0.229. The molecule has 4 amide bonds. The van der Waals surface area contributed by atoms with Crippen molar-refractivity contribution in [1.82, 2.24) is 10.2 Å². The topological polar surface area (TPSA) is 109 Å². The van der Waals surface area contributed by atoms with E-state index in [0.29, 0.717) is 35.5 Å². The van der Waals surface area contributed by atoms with E-state index >= 15 is 0 Å². The molecule has 2 aromatic rings. The number of fused-ring (bicyclic) bond motifs is 2. The maximum atomic E-state index is 13.3. The van der Waals surface area contributed by atoms with Crippen LogP contribution in [-0.4, -0.2) is 61.7 Å². The van der Waals surface area contributed by atoms with Gasteiger partial charge in [0.1, 0.15) is 24.3 Å². The molecule has 2 aliphatic rings. The third-order valence-electron chi connectivity index (χ3n) is 6.04. The van der Waals surface area contributed by atoms with E-state index in [1.165, 1.54) is 18.2 Å². The standard InChI is InChI=1S/C24H27FN4O5/c1-26-22(30)12-17-7-8-19-21(34-17)13-33-20-9-6-16(11-18(20)23(31)29(19)2)28-24(32)27-15-5-3-4-14(25)10-15/h3-6,9-11,17,19,21H,7-8,12-13H2,1-2H3,(H,26,30)(H2,27,28,32)/t17-,19+,21-/m0/s1. The first kappa shape index (κ1) is 23.5. The quantitative estimate of drug-likeness (QED) is 0.637. The second-order valence-electron chi connectivity index (χ2n) is 8.35. The van der Waals surface area contributed by atoms with Crippen LogP contribution in [0.15, 0.2) is 42.5 Å². The molecule has 10 heteroatoms. The average molecular weight is 471 g/mol. The van der Waals surface area contributed by atoms with Crippen LogP contribution in [0.2, 0.25) is 0 Å². The summed E-state index contributed by atoms with van der Waals surface area (Å²) in [5.74, 6) is -0.434. The fourth-order valence-corrected chi connectivity index (χ4v) is 4.27. The summed E-state index contributed by atoms with van der Waals surface area (Å²) in [6, 6.07) is 9.56. The monoisotopic (exact) mass is 470 g/mol. The van der Waals surface area contributed by atoms with E-state index in [-0.39, 0.29) is 43.1 Å². The van der Waals surface area contributed by atoms with Gasteiger partial charge >= 0.3 is 6.03 Å². The molecule has 4 rings (SSSR count). The minimum Gasteiger partial charge on any atom is -0.490 e. The predicted octanol–water partition coefficient (Wildman–Crippen LogP) is 2.99. The number of carbonyl (C=O) groups excluding carboxylic acids is 3. The Labute approximate surface area is 196 Å². The molecule has 0 aliphatic carbocycles. The highest BCUT2D eigenvalue weighted by molar-refractivity contribution is 6.02. The molecule has 0 unspecified atom stereocenters. The number of likely N-dealkylation sites (N-methyl/N-ethyl adjacent to an activating group) is 1. The van der Waals surface area contributed by atoms with Crippen molar-refractivity contribution in [2.24, 2.45) is 0 Å². The van der Waals surface area contributed by atoms with Crippen LogP contribution >= 0.6 is 0 Å². The highest BCUT2D eigenvalue weighted by Crippen LogP contribution is 2.32. The Morgan fingerprint density at radius 3 is 2.62 bits per heavy atom.